The highest BCUT2D eigenvalue weighted by Gasteiger charge is 2.19. The van der Waals surface area contributed by atoms with Crippen molar-refractivity contribution in [2.24, 2.45) is 10.9 Å². The molecule has 0 saturated carbocycles. The Kier molecular flexibility index (Phi) is 3.05. The van der Waals surface area contributed by atoms with Gasteiger partial charge in [-0.25, -0.2) is 4.79 Å². The Balaban J connectivity index is 1.71. The molecule has 0 aliphatic heterocycles. The van der Waals surface area contributed by atoms with E-state index in [0.29, 0.717) is 5.56 Å². The topological polar surface area (TPSA) is 64.7 Å². The second-order valence-electron chi connectivity index (χ2n) is 4.37. The first-order valence-electron chi connectivity index (χ1n) is 6.17. The molecule has 0 unspecified atom stereocenters. The summed E-state index contributed by atoms with van der Waals surface area (Å²) in [5, 5.41) is 3.70. The van der Waals surface area contributed by atoms with Crippen molar-refractivity contribution in [2.75, 3.05) is 0 Å². The third-order valence-electron chi connectivity index (χ3n) is 3.06. The Labute approximate surface area is 116 Å². The van der Waals surface area contributed by atoms with Gasteiger partial charge in [0, 0.05) is 5.57 Å². The van der Waals surface area contributed by atoms with Gasteiger partial charge in [0.25, 0.3) is 0 Å². The Morgan fingerprint density at radius 1 is 1.00 bits per heavy atom. The number of hydrogen-bond acceptors (Lipinski definition) is 3. The minimum absolute atomic E-state index is 0.202. The van der Waals surface area contributed by atoms with Crippen molar-refractivity contribution in [3.8, 4) is 0 Å². The molecule has 1 aliphatic carbocycles. The van der Waals surface area contributed by atoms with Crippen LogP contribution in [0.3, 0.4) is 0 Å². The summed E-state index contributed by atoms with van der Waals surface area (Å²) < 4.78 is 0. The number of hydrogen-bond donors (Lipinski definition) is 1. The first kappa shape index (κ1) is 12.2. The molecule has 0 bridgehead atoms. The molecule has 2 N–H and O–H groups in total. The summed E-state index contributed by atoms with van der Waals surface area (Å²) in [4.78, 5) is 16.6. The molecule has 1 aliphatic rings. The van der Waals surface area contributed by atoms with Gasteiger partial charge in [-0.05, 0) is 29.3 Å². The van der Waals surface area contributed by atoms with Crippen molar-refractivity contribution in [3.05, 3.63) is 71.3 Å². The van der Waals surface area contributed by atoms with E-state index in [9.17, 15) is 4.79 Å². The summed E-state index contributed by atoms with van der Waals surface area (Å²) >= 11 is 0. The van der Waals surface area contributed by atoms with Gasteiger partial charge in [0.15, 0.2) is 5.84 Å². The van der Waals surface area contributed by atoms with E-state index in [4.69, 9.17) is 10.6 Å². The van der Waals surface area contributed by atoms with Crippen LogP contribution in [0.4, 0.5) is 0 Å². The molecule has 0 heterocycles. The summed E-state index contributed by atoms with van der Waals surface area (Å²) in [6, 6.07) is 16.5. The van der Waals surface area contributed by atoms with Crippen LogP contribution < -0.4 is 5.73 Å². The molecule has 2 aromatic rings. The molecule has 20 heavy (non-hydrogen) atoms. The molecular formula is C16H12N2O2. The first-order valence-corrected chi connectivity index (χ1v) is 6.17. The standard InChI is InChI=1S/C16H12N2O2/c17-15(14-10-12-8-4-5-9-13(12)14)18-20-16(19)11-6-2-1-3-7-11/h1-10H,(H2,17,18). The maximum Gasteiger partial charge on any atom is 0.365 e. The predicted molar refractivity (Wildman–Crippen MR) is 77.8 cm³/mol. The van der Waals surface area contributed by atoms with Gasteiger partial charge in [-0.2, -0.15) is 0 Å². The minimum Gasteiger partial charge on any atom is -0.380 e. The highest BCUT2D eigenvalue weighted by Crippen LogP contribution is 2.31. The zero-order chi connectivity index (χ0) is 13.9. The van der Waals surface area contributed by atoms with Crippen LogP contribution in [0.15, 0.2) is 59.8 Å². The average Bonchev–Trinajstić information content (AvgIpc) is 2.47. The van der Waals surface area contributed by atoms with E-state index in [2.05, 4.69) is 5.16 Å². The van der Waals surface area contributed by atoms with Gasteiger partial charge < -0.3 is 10.6 Å². The number of fused-ring (bicyclic) bond motifs is 1. The maximum atomic E-state index is 11.7. The van der Waals surface area contributed by atoms with E-state index in [0.717, 1.165) is 16.7 Å². The minimum atomic E-state index is -0.526. The van der Waals surface area contributed by atoms with Crippen LogP contribution in [0.25, 0.3) is 11.6 Å². The lowest BCUT2D eigenvalue weighted by molar-refractivity contribution is 0.0516. The lowest BCUT2D eigenvalue weighted by Crippen LogP contribution is -2.19. The van der Waals surface area contributed by atoms with Gasteiger partial charge in [-0.3, -0.25) is 0 Å². The molecule has 2 aromatic carbocycles. The highest BCUT2D eigenvalue weighted by atomic mass is 16.7. The van der Waals surface area contributed by atoms with Gasteiger partial charge in [0.2, 0.25) is 0 Å². The van der Waals surface area contributed by atoms with E-state index in [1.54, 1.807) is 24.3 Å². The molecule has 4 nitrogen and oxygen atoms in total. The van der Waals surface area contributed by atoms with Gasteiger partial charge in [0.05, 0.1) is 5.56 Å². The van der Waals surface area contributed by atoms with E-state index in [1.807, 2.05) is 36.4 Å². The zero-order valence-corrected chi connectivity index (χ0v) is 10.6. The Morgan fingerprint density at radius 3 is 2.45 bits per heavy atom. The summed E-state index contributed by atoms with van der Waals surface area (Å²) in [6.07, 6.45) is 1.91. The number of nitrogens with zero attached hydrogens (tertiary/aromatic N) is 1. The third-order valence-corrected chi connectivity index (χ3v) is 3.06. The molecule has 0 atom stereocenters. The van der Waals surface area contributed by atoms with Crippen LogP contribution in [0.2, 0.25) is 0 Å². The van der Waals surface area contributed by atoms with Crippen molar-refractivity contribution in [2.45, 2.75) is 0 Å². The molecule has 3 rings (SSSR count). The zero-order valence-electron chi connectivity index (χ0n) is 10.6. The van der Waals surface area contributed by atoms with Gasteiger partial charge >= 0.3 is 5.97 Å². The molecule has 4 heteroatoms. The molecule has 98 valence electrons. The molecule has 0 aromatic heterocycles. The second kappa shape index (κ2) is 5.01. The lowest BCUT2D eigenvalue weighted by Gasteiger charge is -2.18. The second-order valence-corrected chi connectivity index (χ2v) is 4.37. The fraction of sp³-hybridized carbons (Fsp3) is 0. The van der Waals surface area contributed by atoms with Crippen molar-refractivity contribution >= 4 is 23.5 Å². The largest absolute Gasteiger partial charge is 0.380 e. The van der Waals surface area contributed by atoms with Gasteiger partial charge in [-0.15, -0.1) is 0 Å². The van der Waals surface area contributed by atoms with Crippen LogP contribution >= 0.6 is 0 Å². The smallest absolute Gasteiger partial charge is 0.365 e. The lowest BCUT2D eigenvalue weighted by atomic mass is 9.88. The van der Waals surface area contributed by atoms with E-state index in [-0.39, 0.29) is 5.84 Å². The molecule has 0 radical (unpaired) electrons. The molecule has 0 spiro atoms. The Bertz CT molecular complexity index is 718. The predicted octanol–water partition coefficient (Wildman–Crippen LogP) is 2.67. The van der Waals surface area contributed by atoms with Crippen LogP contribution in [0.1, 0.15) is 21.5 Å². The molecular weight excluding hydrogens is 252 g/mol. The number of carbonyl (C=O) groups excluding carboxylic acids is 1. The fourth-order valence-electron chi connectivity index (χ4n) is 2.00. The molecule has 0 amide bonds. The number of amidine groups is 1. The van der Waals surface area contributed by atoms with Gasteiger partial charge in [0.1, 0.15) is 0 Å². The van der Waals surface area contributed by atoms with Crippen LogP contribution in [-0.4, -0.2) is 11.8 Å². The fourth-order valence-corrected chi connectivity index (χ4v) is 2.00. The summed E-state index contributed by atoms with van der Waals surface area (Å²) in [6.45, 7) is 0. The average molecular weight is 264 g/mol. The normalized spacial score (nSPS) is 13.0. The van der Waals surface area contributed by atoms with E-state index >= 15 is 0 Å². The quantitative estimate of drug-likeness (QED) is 0.401. The number of rotatable bonds is 3. The van der Waals surface area contributed by atoms with Gasteiger partial charge in [-0.1, -0.05) is 47.6 Å². The van der Waals surface area contributed by atoms with E-state index < -0.39 is 5.97 Å². The van der Waals surface area contributed by atoms with Crippen LogP contribution in [0, 0.1) is 0 Å². The number of nitrogens with two attached hydrogens (primary N) is 1. The van der Waals surface area contributed by atoms with Crippen LogP contribution in [0.5, 0.6) is 0 Å². The van der Waals surface area contributed by atoms with Crippen molar-refractivity contribution in [3.63, 3.8) is 0 Å². The van der Waals surface area contributed by atoms with Crippen LogP contribution in [-0.2, 0) is 4.84 Å². The monoisotopic (exact) mass is 264 g/mol. The Hall–Kier alpha value is -2.88. The van der Waals surface area contributed by atoms with Crippen molar-refractivity contribution < 1.29 is 9.63 Å². The summed E-state index contributed by atoms with van der Waals surface area (Å²) in [7, 11) is 0. The first-order chi connectivity index (χ1) is 9.75. The van der Waals surface area contributed by atoms with Crippen molar-refractivity contribution in [1.29, 1.82) is 0 Å². The molecule has 0 saturated heterocycles. The number of carbonyl (C=O) groups is 1. The molecule has 0 fully saturated rings. The summed E-state index contributed by atoms with van der Waals surface area (Å²) in [5.41, 5.74) is 9.18. The summed E-state index contributed by atoms with van der Waals surface area (Å²) in [5.74, 6) is -0.324. The highest BCUT2D eigenvalue weighted by molar-refractivity contribution is 6.31. The third kappa shape index (κ3) is 2.19. The Morgan fingerprint density at radius 2 is 1.70 bits per heavy atom. The SMILES string of the molecule is NC(=NOC(=O)c1ccccc1)C1=Cc2ccccc21. The number of oxime groups is 1. The number of benzene rings is 2. The maximum absolute atomic E-state index is 11.7. The van der Waals surface area contributed by atoms with Crippen molar-refractivity contribution in [1.82, 2.24) is 0 Å². The van der Waals surface area contributed by atoms with E-state index in [1.165, 1.54) is 0 Å².